The van der Waals surface area contributed by atoms with E-state index in [2.05, 4.69) is 12.2 Å². The van der Waals surface area contributed by atoms with Crippen molar-refractivity contribution in [3.8, 4) is 0 Å². The van der Waals surface area contributed by atoms with Crippen LogP contribution < -0.4 is 0 Å². The van der Waals surface area contributed by atoms with Gasteiger partial charge in [0.2, 0.25) is 0 Å². The number of rotatable bonds is 0. The second-order valence-electron chi connectivity index (χ2n) is 2.73. The molecule has 1 heterocycles. The van der Waals surface area contributed by atoms with Crippen molar-refractivity contribution in [3.63, 3.8) is 0 Å². The van der Waals surface area contributed by atoms with Crippen LogP contribution in [0.15, 0.2) is 0 Å². The molecule has 0 N–H and O–H groups in total. The summed E-state index contributed by atoms with van der Waals surface area (Å²) in [5.74, 6) is 0.859. The molecular weight excluding hydrogens is 223 g/mol. The van der Waals surface area contributed by atoms with Crippen LogP contribution in [0.4, 0.5) is 0 Å². The Hall–Kier alpha value is 1.06. The van der Waals surface area contributed by atoms with Crippen molar-refractivity contribution in [3.05, 3.63) is 12.7 Å². The number of nitrogens with zero attached hydrogens (tertiary/aromatic N) is 1. The summed E-state index contributed by atoms with van der Waals surface area (Å²) in [5.41, 5.74) is 0. The molecule has 2 heteroatoms. The molecule has 1 aliphatic rings. The van der Waals surface area contributed by atoms with Crippen LogP contribution in [0, 0.1) is 13.3 Å². The summed E-state index contributed by atoms with van der Waals surface area (Å²) in [6, 6.07) is 0. The second-order valence-corrected chi connectivity index (χ2v) is 2.73. The molecule has 0 aliphatic carbocycles. The van der Waals surface area contributed by atoms with Crippen LogP contribution >= 0.6 is 0 Å². The molecule has 0 aromatic heterocycles. The van der Waals surface area contributed by atoms with Gasteiger partial charge in [0.1, 0.15) is 0 Å². The molecule has 12 heavy (non-hydrogen) atoms. The Labute approximate surface area is 104 Å². The van der Waals surface area contributed by atoms with E-state index in [0.717, 1.165) is 19.0 Å². The van der Waals surface area contributed by atoms with E-state index in [9.17, 15) is 0 Å². The molecule has 0 bridgehead atoms. The Balaban J connectivity index is -0.000000189. The molecule has 0 spiro atoms. The normalized spacial score (nSPS) is 21.8. The molecule has 0 amide bonds. The number of hydrogen-bond donors (Lipinski definition) is 0. The summed E-state index contributed by atoms with van der Waals surface area (Å²) in [4.78, 5) is 0. The molecular formula is C10H23NY-2. The monoisotopic (exact) mass is 246 g/mol. The summed E-state index contributed by atoms with van der Waals surface area (Å²) in [5, 5.41) is 4.35. The van der Waals surface area contributed by atoms with E-state index in [-0.39, 0.29) is 40.1 Å². The Bertz CT molecular complexity index is 58.9. The maximum Gasteiger partial charge on any atom is 0 e. The van der Waals surface area contributed by atoms with Gasteiger partial charge in [0.15, 0.2) is 0 Å². The Kier molecular flexibility index (Phi) is 22.8. The zero-order chi connectivity index (χ0) is 7.82. The summed E-state index contributed by atoms with van der Waals surface area (Å²) < 4.78 is 0. The van der Waals surface area contributed by atoms with Crippen LogP contribution in [0.3, 0.4) is 0 Å². The van der Waals surface area contributed by atoms with Gasteiger partial charge >= 0.3 is 0 Å². The zero-order valence-corrected chi connectivity index (χ0v) is 12.0. The van der Waals surface area contributed by atoms with Crippen LogP contribution in [0.25, 0.3) is 5.32 Å². The predicted octanol–water partition coefficient (Wildman–Crippen LogP) is 3.65. The minimum atomic E-state index is 0. The summed E-state index contributed by atoms with van der Waals surface area (Å²) in [6.07, 6.45) is 4.11. The molecule has 1 unspecified atom stereocenters. The Morgan fingerprint density at radius 1 is 1.17 bits per heavy atom. The van der Waals surface area contributed by atoms with Crippen molar-refractivity contribution in [2.24, 2.45) is 5.92 Å². The van der Waals surface area contributed by atoms with Gasteiger partial charge in [-0.15, -0.1) is 13.1 Å². The largest absolute Gasteiger partial charge is 0.662 e. The van der Waals surface area contributed by atoms with Crippen LogP contribution in [0.1, 0.15) is 40.0 Å². The van der Waals surface area contributed by atoms with E-state index < -0.39 is 0 Å². The van der Waals surface area contributed by atoms with E-state index in [1.165, 1.54) is 19.3 Å². The SMILES string of the molecule is CC.CC1CCCC[N-]C1.[CH3-].[Y]. The van der Waals surface area contributed by atoms with Crippen molar-refractivity contribution in [1.29, 1.82) is 0 Å². The molecule has 0 saturated carbocycles. The minimum Gasteiger partial charge on any atom is -0.662 e. The fourth-order valence-electron chi connectivity index (χ4n) is 1.12. The van der Waals surface area contributed by atoms with Gasteiger partial charge in [-0.2, -0.15) is 0 Å². The molecule has 0 aromatic rings. The average Bonchev–Trinajstić information content (AvgIpc) is 2.21. The van der Waals surface area contributed by atoms with Gasteiger partial charge in [-0.05, 0) is 0 Å². The van der Waals surface area contributed by atoms with E-state index in [1.807, 2.05) is 13.8 Å². The third-order valence-electron chi connectivity index (χ3n) is 1.70. The summed E-state index contributed by atoms with van der Waals surface area (Å²) >= 11 is 0. The van der Waals surface area contributed by atoms with Crippen LogP contribution in [-0.4, -0.2) is 13.1 Å². The first-order chi connectivity index (χ1) is 4.89. The van der Waals surface area contributed by atoms with Crippen LogP contribution in [-0.2, 0) is 32.7 Å². The summed E-state index contributed by atoms with van der Waals surface area (Å²) in [7, 11) is 0. The first-order valence-corrected chi connectivity index (χ1v) is 4.53. The second kappa shape index (κ2) is 14.6. The predicted molar refractivity (Wildman–Crippen MR) is 53.9 cm³/mol. The molecule has 73 valence electrons. The van der Waals surface area contributed by atoms with E-state index >= 15 is 0 Å². The molecule has 1 fully saturated rings. The molecule has 1 radical (unpaired) electrons. The smallest absolute Gasteiger partial charge is 0 e. The van der Waals surface area contributed by atoms with Gasteiger partial charge in [0, 0.05) is 32.7 Å². The molecule has 1 nitrogen and oxygen atoms in total. The van der Waals surface area contributed by atoms with E-state index in [4.69, 9.17) is 0 Å². The van der Waals surface area contributed by atoms with E-state index in [0.29, 0.717) is 0 Å². The molecule has 1 saturated heterocycles. The van der Waals surface area contributed by atoms with Gasteiger partial charge in [-0.3, -0.25) is 0 Å². The molecule has 1 rings (SSSR count). The summed E-state index contributed by atoms with van der Waals surface area (Å²) in [6.45, 7) is 8.51. The third-order valence-corrected chi connectivity index (χ3v) is 1.70. The fourth-order valence-corrected chi connectivity index (χ4v) is 1.12. The van der Waals surface area contributed by atoms with Gasteiger partial charge in [-0.1, -0.05) is 46.0 Å². The van der Waals surface area contributed by atoms with Crippen molar-refractivity contribution < 1.29 is 32.7 Å². The van der Waals surface area contributed by atoms with Gasteiger partial charge in [0.05, 0.1) is 0 Å². The maximum absolute atomic E-state index is 4.35. The van der Waals surface area contributed by atoms with Gasteiger partial charge < -0.3 is 12.7 Å². The Morgan fingerprint density at radius 2 is 1.75 bits per heavy atom. The first kappa shape index (κ1) is 18.8. The zero-order valence-electron chi connectivity index (χ0n) is 9.14. The topological polar surface area (TPSA) is 14.1 Å². The van der Waals surface area contributed by atoms with Crippen molar-refractivity contribution >= 4 is 0 Å². The van der Waals surface area contributed by atoms with Crippen LogP contribution in [0.2, 0.25) is 0 Å². The standard InChI is InChI=1S/C7H14N.C2H6.CH3.Y/c1-7-4-2-3-5-8-6-7;1-2;;/h7H,2-6H2,1H3;1-2H3;1H3;/q-1;;-1;. The van der Waals surface area contributed by atoms with Gasteiger partial charge in [0.25, 0.3) is 0 Å². The number of hydrogen-bond acceptors (Lipinski definition) is 0. The van der Waals surface area contributed by atoms with Gasteiger partial charge in [-0.25, -0.2) is 0 Å². The van der Waals surface area contributed by atoms with Crippen molar-refractivity contribution in [2.45, 2.75) is 40.0 Å². The van der Waals surface area contributed by atoms with Crippen LogP contribution in [0.5, 0.6) is 0 Å². The molecule has 1 atom stereocenters. The molecule has 0 aromatic carbocycles. The maximum atomic E-state index is 4.35. The first-order valence-electron chi connectivity index (χ1n) is 4.53. The van der Waals surface area contributed by atoms with E-state index in [1.54, 1.807) is 0 Å². The Morgan fingerprint density at radius 3 is 2.33 bits per heavy atom. The fraction of sp³-hybridized carbons (Fsp3) is 0.900. The minimum absolute atomic E-state index is 0. The van der Waals surface area contributed by atoms with Crippen molar-refractivity contribution in [1.82, 2.24) is 0 Å². The molecule has 1 aliphatic heterocycles. The third kappa shape index (κ3) is 11.1. The van der Waals surface area contributed by atoms with Crippen molar-refractivity contribution in [2.75, 3.05) is 13.1 Å². The average molecular weight is 246 g/mol. The quantitative estimate of drug-likeness (QED) is 0.579.